The molecule has 0 atom stereocenters. The minimum atomic E-state index is -0.101. The lowest BCUT2D eigenvalue weighted by atomic mass is 9.97. The quantitative estimate of drug-likeness (QED) is 0.738. The Morgan fingerprint density at radius 2 is 1.12 bits per heavy atom. The van der Waals surface area contributed by atoms with Gasteiger partial charge in [0.25, 0.3) is 0 Å². The molecule has 0 unspecified atom stereocenters. The SMILES string of the molecule is CC.N#Cc1ccc(C(c2ccc(C#N)cc2)n2cnnc2)cc1. The molecule has 0 aliphatic rings. The molecule has 118 valence electrons. The fourth-order valence-corrected chi connectivity index (χ4v) is 2.36. The Labute approximate surface area is 141 Å². The minimum absolute atomic E-state index is 0.101. The minimum Gasteiger partial charge on any atom is -0.308 e. The fourth-order valence-electron chi connectivity index (χ4n) is 2.36. The average Bonchev–Trinajstić information content (AvgIpc) is 3.19. The first-order chi connectivity index (χ1) is 11.8. The van der Waals surface area contributed by atoms with Crippen LogP contribution in [0.4, 0.5) is 0 Å². The molecule has 0 saturated carbocycles. The first-order valence-electron chi connectivity index (χ1n) is 7.66. The van der Waals surface area contributed by atoms with Crippen LogP contribution in [0.1, 0.15) is 42.1 Å². The van der Waals surface area contributed by atoms with Crippen molar-refractivity contribution < 1.29 is 0 Å². The molecule has 0 saturated heterocycles. The van der Waals surface area contributed by atoms with E-state index in [4.69, 9.17) is 10.5 Å². The summed E-state index contributed by atoms with van der Waals surface area (Å²) in [6.07, 6.45) is 3.31. The summed E-state index contributed by atoms with van der Waals surface area (Å²) in [7, 11) is 0. The van der Waals surface area contributed by atoms with Crippen LogP contribution in [0.15, 0.2) is 61.2 Å². The van der Waals surface area contributed by atoms with Gasteiger partial charge < -0.3 is 4.57 Å². The van der Waals surface area contributed by atoms with Gasteiger partial charge in [-0.05, 0) is 35.4 Å². The average molecular weight is 315 g/mol. The van der Waals surface area contributed by atoms with Gasteiger partial charge in [-0.1, -0.05) is 38.1 Å². The Morgan fingerprint density at radius 3 is 1.46 bits per heavy atom. The lowest BCUT2D eigenvalue weighted by Gasteiger charge is -2.19. The molecule has 0 bridgehead atoms. The Morgan fingerprint density at radius 1 is 0.750 bits per heavy atom. The third kappa shape index (κ3) is 3.66. The lowest BCUT2D eigenvalue weighted by molar-refractivity contribution is 0.674. The summed E-state index contributed by atoms with van der Waals surface area (Å²) in [6, 6.07) is 19.0. The van der Waals surface area contributed by atoms with Crippen LogP contribution in [0, 0.1) is 22.7 Å². The van der Waals surface area contributed by atoms with Crippen LogP contribution in [-0.4, -0.2) is 14.8 Å². The summed E-state index contributed by atoms with van der Waals surface area (Å²) in [5, 5.41) is 25.6. The molecular formula is C19H17N5. The van der Waals surface area contributed by atoms with Crippen LogP contribution >= 0.6 is 0 Å². The van der Waals surface area contributed by atoms with Crippen LogP contribution in [0.3, 0.4) is 0 Å². The number of nitrogens with zero attached hydrogens (tertiary/aromatic N) is 5. The zero-order chi connectivity index (χ0) is 17.4. The van der Waals surface area contributed by atoms with Gasteiger partial charge in [-0.25, -0.2) is 0 Å². The summed E-state index contributed by atoms with van der Waals surface area (Å²) in [6.45, 7) is 4.00. The van der Waals surface area contributed by atoms with Gasteiger partial charge >= 0.3 is 0 Å². The molecule has 0 aliphatic carbocycles. The van der Waals surface area contributed by atoms with E-state index in [-0.39, 0.29) is 6.04 Å². The molecule has 3 rings (SSSR count). The molecule has 24 heavy (non-hydrogen) atoms. The molecule has 0 fully saturated rings. The highest BCUT2D eigenvalue weighted by Crippen LogP contribution is 2.26. The van der Waals surface area contributed by atoms with Crippen molar-refractivity contribution in [2.24, 2.45) is 0 Å². The van der Waals surface area contributed by atoms with Crippen LogP contribution in [0.5, 0.6) is 0 Å². The largest absolute Gasteiger partial charge is 0.308 e. The predicted molar refractivity (Wildman–Crippen MR) is 90.9 cm³/mol. The number of hydrogen-bond acceptors (Lipinski definition) is 4. The van der Waals surface area contributed by atoms with Gasteiger partial charge in [0.1, 0.15) is 12.7 Å². The third-order valence-corrected chi connectivity index (χ3v) is 3.45. The van der Waals surface area contributed by atoms with Crippen molar-refractivity contribution in [2.45, 2.75) is 19.9 Å². The molecule has 0 radical (unpaired) electrons. The topological polar surface area (TPSA) is 78.3 Å². The summed E-state index contributed by atoms with van der Waals surface area (Å²) in [5.41, 5.74) is 3.27. The van der Waals surface area contributed by atoms with Gasteiger partial charge in [0.15, 0.2) is 0 Å². The van der Waals surface area contributed by atoms with E-state index in [0.717, 1.165) is 11.1 Å². The number of hydrogen-bond donors (Lipinski definition) is 0. The predicted octanol–water partition coefficient (Wildman–Crippen LogP) is 3.69. The summed E-state index contributed by atoms with van der Waals surface area (Å²) in [5.74, 6) is 0. The molecule has 1 heterocycles. The Balaban J connectivity index is 0.00000100. The monoisotopic (exact) mass is 315 g/mol. The maximum atomic E-state index is 8.92. The Hall–Kier alpha value is -3.44. The smallest absolute Gasteiger partial charge is 0.120 e. The Kier molecular flexibility index (Phi) is 5.82. The van der Waals surface area contributed by atoms with E-state index in [1.54, 1.807) is 36.9 Å². The second-order valence-electron chi connectivity index (χ2n) is 4.78. The molecule has 0 spiro atoms. The van der Waals surface area contributed by atoms with Gasteiger partial charge in [0, 0.05) is 0 Å². The first-order valence-corrected chi connectivity index (χ1v) is 7.66. The van der Waals surface area contributed by atoms with E-state index in [1.807, 2.05) is 42.7 Å². The van der Waals surface area contributed by atoms with Gasteiger partial charge in [0.2, 0.25) is 0 Å². The zero-order valence-corrected chi connectivity index (χ0v) is 13.6. The first kappa shape index (κ1) is 16.9. The second-order valence-corrected chi connectivity index (χ2v) is 4.78. The van der Waals surface area contributed by atoms with E-state index in [2.05, 4.69) is 22.3 Å². The number of nitriles is 2. The summed E-state index contributed by atoms with van der Waals surface area (Å²) < 4.78 is 1.89. The van der Waals surface area contributed by atoms with Gasteiger partial charge in [-0.3, -0.25) is 0 Å². The molecule has 0 amide bonds. The van der Waals surface area contributed by atoms with E-state index in [0.29, 0.717) is 11.1 Å². The van der Waals surface area contributed by atoms with E-state index in [9.17, 15) is 0 Å². The van der Waals surface area contributed by atoms with Crippen molar-refractivity contribution in [3.05, 3.63) is 83.4 Å². The third-order valence-electron chi connectivity index (χ3n) is 3.45. The van der Waals surface area contributed by atoms with Gasteiger partial charge in [-0.15, -0.1) is 10.2 Å². The highest BCUT2D eigenvalue weighted by atomic mass is 15.2. The molecule has 5 heteroatoms. The second kappa shape index (κ2) is 8.26. The number of rotatable bonds is 3. The standard InChI is InChI=1S/C17H11N5.C2H6/c18-9-13-1-5-15(6-2-13)17(22-11-20-21-12-22)16-7-3-14(10-19)4-8-16;1-2/h1-8,11-12,17H;1-2H3. The summed E-state index contributed by atoms with van der Waals surface area (Å²) >= 11 is 0. The van der Waals surface area contributed by atoms with Crippen LogP contribution in [0.25, 0.3) is 0 Å². The van der Waals surface area contributed by atoms with E-state index in [1.165, 1.54) is 0 Å². The van der Waals surface area contributed by atoms with Crippen LogP contribution in [-0.2, 0) is 0 Å². The molecule has 0 N–H and O–H groups in total. The summed E-state index contributed by atoms with van der Waals surface area (Å²) in [4.78, 5) is 0. The molecule has 0 aliphatic heterocycles. The molecule has 1 aromatic heterocycles. The van der Waals surface area contributed by atoms with Crippen molar-refractivity contribution in [2.75, 3.05) is 0 Å². The molecule has 2 aromatic carbocycles. The van der Waals surface area contributed by atoms with Crippen molar-refractivity contribution in [3.63, 3.8) is 0 Å². The molecule has 3 aromatic rings. The van der Waals surface area contributed by atoms with Crippen molar-refractivity contribution in [3.8, 4) is 12.1 Å². The number of aromatic nitrogens is 3. The molecule has 5 nitrogen and oxygen atoms in total. The number of benzene rings is 2. The van der Waals surface area contributed by atoms with Crippen LogP contribution in [0.2, 0.25) is 0 Å². The maximum absolute atomic E-state index is 8.92. The van der Waals surface area contributed by atoms with E-state index >= 15 is 0 Å². The van der Waals surface area contributed by atoms with Crippen molar-refractivity contribution in [1.82, 2.24) is 14.8 Å². The lowest BCUT2D eigenvalue weighted by Crippen LogP contribution is -2.10. The maximum Gasteiger partial charge on any atom is 0.120 e. The zero-order valence-electron chi connectivity index (χ0n) is 13.6. The normalized spacial score (nSPS) is 9.54. The van der Waals surface area contributed by atoms with E-state index < -0.39 is 0 Å². The Bertz CT molecular complexity index is 777. The van der Waals surface area contributed by atoms with Gasteiger partial charge in [-0.2, -0.15) is 10.5 Å². The highest BCUT2D eigenvalue weighted by molar-refractivity contribution is 5.40. The van der Waals surface area contributed by atoms with Crippen LogP contribution < -0.4 is 0 Å². The fraction of sp³-hybridized carbons (Fsp3) is 0.158. The van der Waals surface area contributed by atoms with Crippen molar-refractivity contribution in [1.29, 1.82) is 10.5 Å². The highest BCUT2D eigenvalue weighted by Gasteiger charge is 2.16. The van der Waals surface area contributed by atoms with Gasteiger partial charge in [0.05, 0.1) is 29.3 Å². The van der Waals surface area contributed by atoms with Crippen molar-refractivity contribution >= 4 is 0 Å². The molecular weight excluding hydrogens is 298 g/mol.